The molecule has 49 heteroatoms. The minimum absolute atomic E-state index is 0.0204. The van der Waals surface area contributed by atoms with Crippen LogP contribution in [0, 0.1) is 23.7 Å². The largest absolute Gasteiger partial charge is 0.481 e. The van der Waals surface area contributed by atoms with Gasteiger partial charge in [0.2, 0.25) is 112 Å². The number of anilines is 3. The van der Waals surface area contributed by atoms with Crippen molar-refractivity contribution >= 4 is 187 Å². The molecule has 10 aliphatic heterocycles. The highest BCUT2D eigenvalue weighted by atomic mass is 32.2. The van der Waals surface area contributed by atoms with Gasteiger partial charge >= 0.3 is 5.97 Å². The van der Waals surface area contributed by atoms with Crippen LogP contribution in [0.1, 0.15) is 105 Å². The van der Waals surface area contributed by atoms with Gasteiger partial charge in [-0.25, -0.2) is 0 Å². The van der Waals surface area contributed by atoms with Crippen LogP contribution in [0.25, 0.3) is 21.8 Å². The Kier molecular flexibility index (Phi) is 39.4. The highest BCUT2D eigenvalue weighted by Gasteiger charge is 2.44. The maximum absolute atomic E-state index is 15.6. The number of aliphatic carboxylic acids is 1. The molecular formula is C92H129N25O21S3. The SMILES string of the molecule is CC[C@@H]1CC(=O)[C@H]([C@@H](C)O)NC(=O)[C@@H](CC(=O)[C@H](C)NC(=O)CN(C)C(=O)CCN)CSCC(=O)N2CCN(CC2)c2nc3nc(n2)N2CCN(CC2)C(=O)CSC[C@H](NC1=O)C(=O)N[C@@H](Cc1c[nH]c2ccccc12)C(=O)N[C@@H](C(C)C)C(=O)N[C@@H](CC(=O)O)C(=O)NCC(=O)N[C@@H](Cc1c[nH]c2ccccc12)C(=O)N[C@@H](C(C)C)C(=O)N1CCC[C@H]1C(=O)N[C@H](C(N)=O)CSCC(=O)N1CCN3CC1. The van der Waals surface area contributed by atoms with Crippen molar-refractivity contribution in [1.82, 2.24) is 103 Å². The number of aromatic nitrogens is 5. The van der Waals surface area contributed by atoms with E-state index in [2.05, 4.69) is 63.1 Å². The average Bonchev–Trinajstić information content (AvgIpc) is 1.56. The van der Waals surface area contributed by atoms with Crippen molar-refractivity contribution in [1.29, 1.82) is 0 Å². The van der Waals surface area contributed by atoms with Crippen molar-refractivity contribution in [2.75, 3.05) is 161 Å². The topological polar surface area (TPSA) is 633 Å². The highest BCUT2D eigenvalue weighted by molar-refractivity contribution is 8.00. The molecule has 10 bridgehead atoms. The third-order valence-electron chi connectivity index (χ3n) is 25.7. The number of para-hydroxylation sites is 2. The van der Waals surface area contributed by atoms with Crippen molar-refractivity contribution in [3.05, 3.63) is 72.1 Å². The second kappa shape index (κ2) is 51.1. The van der Waals surface area contributed by atoms with E-state index in [0.29, 0.717) is 39.4 Å². The first-order valence-corrected chi connectivity index (χ1v) is 50.9. The molecule has 0 saturated carbocycles. The van der Waals surface area contributed by atoms with Crippen LogP contribution in [0.2, 0.25) is 0 Å². The van der Waals surface area contributed by atoms with E-state index in [0.717, 1.165) is 40.2 Å². The summed E-state index contributed by atoms with van der Waals surface area (Å²) in [6.45, 7) is 11.5. The van der Waals surface area contributed by atoms with E-state index in [1.165, 1.54) is 39.6 Å². The van der Waals surface area contributed by atoms with Crippen LogP contribution < -0.4 is 79.3 Å². The van der Waals surface area contributed by atoms with Crippen LogP contribution >= 0.6 is 35.3 Å². The van der Waals surface area contributed by atoms with Gasteiger partial charge in [0.25, 0.3) is 0 Å². The van der Waals surface area contributed by atoms with E-state index in [-0.39, 0.29) is 188 Å². The second-order valence-corrected chi connectivity index (χ2v) is 39.8. The summed E-state index contributed by atoms with van der Waals surface area (Å²) >= 11 is 2.99. The number of thioether (sulfide) groups is 3. The molecule has 18 N–H and O–H groups in total. The van der Waals surface area contributed by atoms with Crippen LogP contribution in [0.3, 0.4) is 0 Å². The molecule has 766 valence electrons. The number of carboxylic acids is 1. The molecular weight excluding hydrogens is 1890 g/mol. The summed E-state index contributed by atoms with van der Waals surface area (Å²) in [5.41, 5.74) is 13.8. The minimum Gasteiger partial charge on any atom is -0.481 e. The van der Waals surface area contributed by atoms with Gasteiger partial charge in [-0.3, -0.25) is 91.1 Å². The third-order valence-corrected chi connectivity index (χ3v) is 28.8. The molecule has 16 amide bonds. The molecule has 0 radical (unpaired) electrons. The first-order chi connectivity index (χ1) is 67.3. The normalized spacial score (nSPS) is 24.4. The summed E-state index contributed by atoms with van der Waals surface area (Å²) in [5.74, 6) is -20.5. The molecule has 2 aromatic carbocycles. The number of hydrogen-bond donors (Lipinski definition) is 16. The van der Waals surface area contributed by atoms with Crippen LogP contribution in [-0.2, 0) is 104 Å². The van der Waals surface area contributed by atoms with Crippen molar-refractivity contribution in [3.63, 3.8) is 0 Å². The molecule has 3 aromatic heterocycles. The lowest BCUT2D eigenvalue weighted by Gasteiger charge is -2.38. The number of hydrogen-bond acceptors (Lipinski definition) is 30. The first kappa shape index (κ1) is 109. The van der Waals surface area contributed by atoms with Crippen LogP contribution in [-0.4, -0.2) is 384 Å². The van der Waals surface area contributed by atoms with Crippen LogP contribution in [0.4, 0.5) is 17.8 Å². The fourth-order valence-electron chi connectivity index (χ4n) is 17.4. The number of nitrogens with two attached hydrogens (primary N) is 2. The summed E-state index contributed by atoms with van der Waals surface area (Å²) in [6.07, 6.45) is -0.977. The third kappa shape index (κ3) is 29.7. The van der Waals surface area contributed by atoms with E-state index in [1.807, 2.05) is 14.7 Å². The molecule has 141 heavy (non-hydrogen) atoms. The van der Waals surface area contributed by atoms with Gasteiger partial charge in [0.15, 0.2) is 11.6 Å². The van der Waals surface area contributed by atoms with Gasteiger partial charge in [-0.2, -0.15) is 26.7 Å². The van der Waals surface area contributed by atoms with Crippen LogP contribution in [0.15, 0.2) is 60.9 Å². The predicted octanol–water partition coefficient (Wildman–Crippen LogP) is -4.00. The maximum atomic E-state index is 15.6. The number of likely N-dealkylation sites (N-methyl/N-ethyl adjacent to an activating group) is 1. The Labute approximate surface area is 827 Å². The number of primary amides is 1. The number of ketones is 2. The molecule has 4 saturated heterocycles. The van der Waals surface area contributed by atoms with Gasteiger partial charge < -0.3 is 124 Å². The quantitative estimate of drug-likeness (QED) is 0.0375. The molecule has 10 aliphatic rings. The Morgan fingerprint density at radius 2 is 1.00 bits per heavy atom. The van der Waals surface area contributed by atoms with Crippen LogP contribution in [0.5, 0.6) is 0 Å². The number of carbonyl (C=O) groups is 19. The zero-order valence-corrected chi connectivity index (χ0v) is 82.8. The van der Waals surface area contributed by atoms with E-state index in [1.54, 1.807) is 96.4 Å². The van der Waals surface area contributed by atoms with Crippen molar-refractivity contribution in [2.45, 2.75) is 173 Å². The number of aliphatic hydroxyl groups is 1. The zero-order chi connectivity index (χ0) is 102. The number of benzene rings is 2. The number of amides is 16. The average molecular weight is 2020 g/mol. The molecule has 15 rings (SSSR count). The molecule has 46 nitrogen and oxygen atoms in total. The molecule has 13 atom stereocenters. The monoisotopic (exact) mass is 2020 g/mol. The lowest BCUT2D eigenvalue weighted by atomic mass is 9.92. The Bertz CT molecular complexity index is 5410. The van der Waals surface area contributed by atoms with Gasteiger partial charge in [0.05, 0.1) is 54.8 Å². The summed E-state index contributed by atoms with van der Waals surface area (Å²) in [6, 6.07) is -1.15. The Morgan fingerprint density at radius 3 is 1.50 bits per heavy atom. The summed E-state index contributed by atoms with van der Waals surface area (Å²) < 4.78 is 0. The molecule has 4 fully saturated rings. The Hall–Kier alpha value is -12.8. The van der Waals surface area contributed by atoms with E-state index >= 15 is 14.4 Å². The standard InChI is InChI=1S/C92H129N25O21S3/c1-9-54-37-69(120)79(53(7)118)106-82(131)57(38-68(119)52(6)98-71(122)43-110(8)72(123)20-21-93)44-139-47-73(124)111-23-29-114(30-24-111)90-107-91-109-92(108-90)116-33-27-113(28-34-116)75(126)49-141-46-66(103-81(54)130)86(135)100-63(36-56-41-96-61-18-13-11-16-59(56)61)85(134)104-77(50(2)3)88(137)101-64(39-76(127)128)83(132)97-42-70(121)99-62(35-55-40-95-60-17-12-10-15-58(55)60)84(133)105-78(51(4)5)89(138)117-22-14-19-67(117)87(136)102-65(80(94)129)45-140-48-74(125)112-25-31-115(91)32-26-112/h10-13,15-18,40-41,50-54,57,62-67,77-79,95-96,118H,9,14,19-39,42-49,93H2,1-8H3,(H2,94,129)(H,97,132)(H,98,122)(H,99,121)(H,100,135)(H,101,137)(H,102,136)(H,103,130)(H,104,134)(H,105,133)(H,106,131)(H,127,128)/t52-,53+,54+,57-,62-,63-,64-,65-,66-,67-,77-,78-,79-/m0/s1. The smallest absolute Gasteiger partial charge is 0.305 e. The fourth-order valence-corrected chi connectivity index (χ4v) is 20.3. The number of carbonyl (C=O) groups excluding carboxylic acids is 18. The molecule has 0 unspecified atom stereocenters. The lowest BCUT2D eigenvalue weighted by Crippen LogP contribution is -2.61. The number of nitrogens with one attached hydrogen (secondary N) is 12. The van der Waals surface area contributed by atoms with Gasteiger partial charge in [0, 0.05) is 188 Å². The van der Waals surface area contributed by atoms with Gasteiger partial charge in [-0.05, 0) is 68.2 Å². The number of Topliss-reactive ketones (excluding diaryl/α,β-unsaturated/α-hetero) is 2. The Balaban J connectivity index is 0.927. The number of rotatable bonds is 19. The summed E-state index contributed by atoms with van der Waals surface area (Å²) in [4.78, 5) is 307. The summed E-state index contributed by atoms with van der Waals surface area (Å²) in [7, 11) is 1.38. The first-order valence-electron chi connectivity index (χ1n) is 47.4. The maximum Gasteiger partial charge on any atom is 0.305 e. The van der Waals surface area contributed by atoms with E-state index in [9.17, 15) is 86.9 Å². The number of carboxylic acid groups (broad SMARTS) is 1. The van der Waals surface area contributed by atoms with Crippen molar-refractivity contribution < 1.29 is 101 Å². The van der Waals surface area contributed by atoms with E-state index < -0.39 is 223 Å². The van der Waals surface area contributed by atoms with Crippen molar-refractivity contribution in [3.8, 4) is 0 Å². The zero-order valence-electron chi connectivity index (χ0n) is 80.3. The van der Waals surface area contributed by atoms with Gasteiger partial charge in [0.1, 0.15) is 54.4 Å². The Morgan fingerprint density at radius 1 is 0.525 bits per heavy atom. The van der Waals surface area contributed by atoms with E-state index in [4.69, 9.17) is 26.4 Å². The number of piperazine rings is 3. The summed E-state index contributed by atoms with van der Waals surface area (Å²) in [5, 5.41) is 49.2. The molecule has 5 aromatic rings. The molecule has 13 heterocycles. The second-order valence-electron chi connectivity index (χ2n) is 36.7. The highest BCUT2D eigenvalue weighted by Crippen LogP contribution is 2.29. The number of aromatic amines is 2. The lowest BCUT2D eigenvalue weighted by molar-refractivity contribution is -0.143. The minimum atomic E-state index is -1.96. The molecule has 0 spiro atoms. The number of nitrogens with zero attached hydrogens (tertiary/aromatic N) is 11. The fraction of sp³-hybridized carbons (Fsp3) is 0.587. The van der Waals surface area contributed by atoms with Gasteiger partial charge in [-0.1, -0.05) is 71.0 Å². The number of fused-ring (bicyclic) bond motifs is 4. The molecule has 0 aliphatic carbocycles. The number of H-pyrrole nitrogens is 2. The van der Waals surface area contributed by atoms with Gasteiger partial charge in [-0.15, -0.1) is 23.5 Å². The van der Waals surface area contributed by atoms with Crippen molar-refractivity contribution in [2.24, 2.45) is 35.1 Å². The predicted molar refractivity (Wildman–Crippen MR) is 524 cm³/mol. The number of aliphatic hydroxyl groups excluding tert-OH is 1.